The van der Waals surface area contributed by atoms with Gasteiger partial charge in [0.25, 0.3) is 0 Å². The van der Waals surface area contributed by atoms with E-state index >= 15 is 0 Å². The van der Waals surface area contributed by atoms with Crippen molar-refractivity contribution in [3.63, 3.8) is 0 Å². The van der Waals surface area contributed by atoms with Gasteiger partial charge in [0.2, 0.25) is 5.76 Å². The SMILES string of the molecule is CCOC(=O)/C(O)=C1/CCc2c(c3ccccc3n2C)C1=O. The number of aromatic nitrogens is 1. The van der Waals surface area contributed by atoms with Gasteiger partial charge in [0.15, 0.2) is 5.78 Å². The average Bonchev–Trinajstić information content (AvgIpc) is 2.81. The summed E-state index contributed by atoms with van der Waals surface area (Å²) >= 11 is 0. The molecule has 2 aromatic rings. The van der Waals surface area contributed by atoms with Crippen LogP contribution in [-0.4, -0.2) is 28.0 Å². The highest BCUT2D eigenvalue weighted by atomic mass is 16.5. The summed E-state index contributed by atoms with van der Waals surface area (Å²) in [5, 5.41) is 10.9. The highest BCUT2D eigenvalue weighted by molar-refractivity contribution is 6.20. The number of ketones is 1. The van der Waals surface area contributed by atoms with E-state index < -0.39 is 11.7 Å². The molecule has 1 aliphatic rings. The molecular formula is C17H17NO4. The maximum absolute atomic E-state index is 12.8. The lowest BCUT2D eigenvalue weighted by Crippen LogP contribution is -2.20. The molecule has 0 fully saturated rings. The minimum absolute atomic E-state index is 0.141. The van der Waals surface area contributed by atoms with Gasteiger partial charge >= 0.3 is 5.97 Å². The number of aliphatic hydroxyl groups excluding tert-OH is 1. The number of hydrogen-bond acceptors (Lipinski definition) is 4. The van der Waals surface area contributed by atoms with Crippen LogP contribution in [0.1, 0.15) is 29.4 Å². The molecule has 1 aromatic heterocycles. The molecule has 0 aliphatic heterocycles. The Morgan fingerprint density at radius 1 is 1.32 bits per heavy atom. The van der Waals surface area contributed by atoms with Gasteiger partial charge < -0.3 is 14.4 Å². The summed E-state index contributed by atoms with van der Waals surface area (Å²) in [6, 6.07) is 7.64. The molecule has 0 spiro atoms. The third-order valence-corrected chi connectivity index (χ3v) is 4.10. The zero-order chi connectivity index (χ0) is 15.9. The van der Waals surface area contributed by atoms with Gasteiger partial charge in [0.1, 0.15) is 0 Å². The van der Waals surface area contributed by atoms with E-state index in [0.717, 1.165) is 16.6 Å². The molecule has 1 aromatic carbocycles. The van der Waals surface area contributed by atoms with Crippen molar-refractivity contribution in [2.45, 2.75) is 19.8 Å². The zero-order valence-electron chi connectivity index (χ0n) is 12.5. The van der Waals surface area contributed by atoms with Crippen molar-refractivity contribution in [1.82, 2.24) is 4.57 Å². The van der Waals surface area contributed by atoms with E-state index in [0.29, 0.717) is 18.4 Å². The number of hydrogen-bond donors (Lipinski definition) is 1. The summed E-state index contributed by atoms with van der Waals surface area (Å²) in [7, 11) is 1.92. The lowest BCUT2D eigenvalue weighted by molar-refractivity contribution is -0.141. The van der Waals surface area contributed by atoms with Crippen molar-refractivity contribution < 1.29 is 19.4 Å². The molecule has 0 saturated carbocycles. The van der Waals surface area contributed by atoms with Gasteiger partial charge in [0, 0.05) is 29.2 Å². The Labute approximate surface area is 127 Å². The second-order valence-electron chi connectivity index (χ2n) is 5.27. The van der Waals surface area contributed by atoms with Crippen LogP contribution in [0.3, 0.4) is 0 Å². The summed E-state index contributed by atoms with van der Waals surface area (Å²) in [4.78, 5) is 24.4. The first-order valence-corrected chi connectivity index (χ1v) is 7.26. The Morgan fingerprint density at radius 2 is 2.05 bits per heavy atom. The van der Waals surface area contributed by atoms with Crippen molar-refractivity contribution >= 4 is 22.7 Å². The summed E-state index contributed by atoms with van der Waals surface area (Å²) in [5.41, 5.74) is 2.63. The molecule has 0 unspecified atom stereocenters. The second-order valence-corrected chi connectivity index (χ2v) is 5.27. The van der Waals surface area contributed by atoms with Crippen molar-refractivity contribution in [3.05, 3.63) is 46.9 Å². The first-order valence-electron chi connectivity index (χ1n) is 7.26. The number of benzene rings is 1. The van der Waals surface area contributed by atoms with E-state index in [4.69, 9.17) is 4.74 Å². The Kier molecular flexibility index (Phi) is 3.48. The van der Waals surface area contributed by atoms with Gasteiger partial charge in [-0.05, 0) is 25.8 Å². The second kappa shape index (κ2) is 5.33. The van der Waals surface area contributed by atoms with Gasteiger partial charge in [-0.2, -0.15) is 0 Å². The lowest BCUT2D eigenvalue weighted by Gasteiger charge is -2.16. The number of ether oxygens (including phenoxy) is 1. The molecule has 5 nitrogen and oxygen atoms in total. The Balaban J connectivity index is 2.16. The van der Waals surface area contributed by atoms with Gasteiger partial charge in [-0.1, -0.05) is 18.2 Å². The van der Waals surface area contributed by atoms with Crippen molar-refractivity contribution in [1.29, 1.82) is 0 Å². The van der Waals surface area contributed by atoms with Crippen LogP contribution >= 0.6 is 0 Å². The molecule has 114 valence electrons. The lowest BCUT2D eigenvalue weighted by atomic mass is 9.89. The summed E-state index contributed by atoms with van der Waals surface area (Å²) in [6.45, 7) is 1.81. The monoisotopic (exact) mass is 299 g/mol. The number of fused-ring (bicyclic) bond motifs is 3. The van der Waals surface area contributed by atoms with Gasteiger partial charge in [0.05, 0.1) is 12.2 Å². The molecule has 22 heavy (non-hydrogen) atoms. The number of carbonyl (C=O) groups excluding carboxylic acids is 2. The topological polar surface area (TPSA) is 68.5 Å². The predicted octanol–water partition coefficient (Wildman–Crippen LogP) is 2.68. The van der Waals surface area contributed by atoms with E-state index in [9.17, 15) is 14.7 Å². The highest BCUT2D eigenvalue weighted by Gasteiger charge is 2.32. The molecule has 1 N–H and O–H groups in total. The largest absolute Gasteiger partial charge is 0.502 e. The van der Waals surface area contributed by atoms with Crippen LogP contribution in [0.15, 0.2) is 35.6 Å². The molecule has 0 atom stereocenters. The first kappa shape index (κ1) is 14.4. The third-order valence-electron chi connectivity index (χ3n) is 4.10. The Bertz CT molecular complexity index is 813. The van der Waals surface area contributed by atoms with E-state index in [2.05, 4.69) is 0 Å². The number of rotatable bonds is 2. The molecule has 5 heteroatoms. The molecule has 0 saturated heterocycles. The van der Waals surface area contributed by atoms with Gasteiger partial charge in [-0.15, -0.1) is 0 Å². The molecule has 3 rings (SSSR count). The van der Waals surface area contributed by atoms with Crippen LogP contribution in [-0.2, 0) is 23.0 Å². The summed E-state index contributed by atoms with van der Waals surface area (Å²) < 4.78 is 6.78. The van der Waals surface area contributed by atoms with Crippen molar-refractivity contribution in [2.75, 3.05) is 6.61 Å². The number of aryl methyl sites for hydroxylation is 1. The van der Waals surface area contributed by atoms with Crippen LogP contribution in [0.5, 0.6) is 0 Å². The van der Waals surface area contributed by atoms with E-state index in [1.807, 2.05) is 35.9 Å². The number of aliphatic hydroxyl groups is 1. The van der Waals surface area contributed by atoms with Crippen LogP contribution < -0.4 is 0 Å². The Morgan fingerprint density at radius 3 is 2.77 bits per heavy atom. The molecule has 0 radical (unpaired) electrons. The Hall–Kier alpha value is -2.56. The molecule has 0 amide bonds. The zero-order valence-corrected chi connectivity index (χ0v) is 12.5. The number of nitrogens with zero attached hydrogens (tertiary/aromatic N) is 1. The summed E-state index contributed by atoms with van der Waals surface area (Å²) in [5.74, 6) is -1.69. The number of Topliss-reactive ketones (excluding diaryl/α,β-unsaturated/α-hetero) is 1. The number of allylic oxidation sites excluding steroid dienone is 1. The molecule has 1 heterocycles. The van der Waals surface area contributed by atoms with Crippen molar-refractivity contribution in [3.8, 4) is 0 Å². The fraction of sp³-hybridized carbons (Fsp3) is 0.294. The van der Waals surface area contributed by atoms with Gasteiger partial charge in [-0.25, -0.2) is 4.79 Å². The van der Waals surface area contributed by atoms with Gasteiger partial charge in [-0.3, -0.25) is 4.79 Å². The fourth-order valence-corrected chi connectivity index (χ4v) is 3.05. The predicted molar refractivity (Wildman–Crippen MR) is 81.9 cm³/mol. The van der Waals surface area contributed by atoms with Crippen LogP contribution in [0.2, 0.25) is 0 Å². The standard InChI is InChI=1S/C17H17NO4/c1-3-22-17(21)16(20)11-8-9-13-14(15(11)19)10-6-4-5-7-12(10)18(13)2/h4-7,20H,3,8-9H2,1-2H3/b16-11+. The highest BCUT2D eigenvalue weighted by Crippen LogP contribution is 2.34. The minimum Gasteiger partial charge on any atom is -0.502 e. The van der Waals surface area contributed by atoms with Crippen LogP contribution in [0.25, 0.3) is 10.9 Å². The third kappa shape index (κ3) is 2.01. The smallest absolute Gasteiger partial charge is 0.373 e. The first-order chi connectivity index (χ1) is 10.6. The van der Waals surface area contributed by atoms with Crippen LogP contribution in [0.4, 0.5) is 0 Å². The van der Waals surface area contributed by atoms with Crippen molar-refractivity contribution in [2.24, 2.45) is 7.05 Å². The number of para-hydroxylation sites is 1. The fourth-order valence-electron chi connectivity index (χ4n) is 3.05. The maximum Gasteiger partial charge on any atom is 0.373 e. The van der Waals surface area contributed by atoms with E-state index in [1.165, 1.54) is 0 Å². The van der Waals surface area contributed by atoms with E-state index in [-0.39, 0.29) is 18.0 Å². The maximum atomic E-state index is 12.8. The number of carbonyl (C=O) groups is 2. The summed E-state index contributed by atoms with van der Waals surface area (Å²) in [6.07, 6.45) is 0.936. The van der Waals surface area contributed by atoms with E-state index in [1.54, 1.807) is 6.92 Å². The molecular weight excluding hydrogens is 282 g/mol. The average molecular weight is 299 g/mol. The number of esters is 1. The molecule has 1 aliphatic carbocycles. The molecule has 0 bridgehead atoms. The quantitative estimate of drug-likeness (QED) is 0.526. The van der Waals surface area contributed by atoms with Crippen LogP contribution in [0, 0.1) is 0 Å². The normalized spacial score (nSPS) is 16.5. The minimum atomic E-state index is -0.838.